The number of halogens is 7. The molecule has 0 aromatic rings. The molecule has 0 rings (SSSR count). The summed E-state index contributed by atoms with van der Waals surface area (Å²) in [7, 11) is 0. The summed E-state index contributed by atoms with van der Waals surface area (Å²) in [6.07, 6.45) is -6.35. The minimum atomic E-state index is -6.35. The largest absolute Gasteiger partial charge is 0.460 e. The Morgan fingerprint density at radius 2 is 1.29 bits per heavy atom. The Morgan fingerprint density at radius 3 is 1.53 bits per heavy atom. The van der Waals surface area contributed by atoms with Crippen molar-refractivity contribution in [3.8, 4) is 0 Å². The molecule has 0 radical (unpaired) electrons. The molecule has 0 unspecified atom stereocenters. The lowest BCUT2D eigenvalue weighted by Gasteiger charge is -2.33. The molecule has 0 aromatic carbocycles. The zero-order valence-corrected chi connectivity index (χ0v) is 9.73. The standard InChI is InChI=1S/C8H10F7NS/c1-3-16(4-2)5(17)6(9,10)7(11,12)8(13,14)15/h3-4H2,1-2H3. The van der Waals surface area contributed by atoms with Crippen LogP contribution in [0.25, 0.3) is 0 Å². The van der Waals surface area contributed by atoms with Crippen LogP contribution in [-0.4, -0.2) is 41.0 Å². The van der Waals surface area contributed by atoms with Gasteiger partial charge in [0, 0.05) is 13.1 Å². The molecule has 0 fully saturated rings. The smallest absolute Gasteiger partial charge is 0.362 e. The van der Waals surface area contributed by atoms with Crippen LogP contribution in [0.2, 0.25) is 0 Å². The first-order chi connectivity index (χ1) is 7.43. The van der Waals surface area contributed by atoms with Gasteiger partial charge in [-0.15, -0.1) is 0 Å². The minimum Gasteiger partial charge on any atom is -0.362 e. The average Bonchev–Trinajstić information content (AvgIpc) is 2.17. The van der Waals surface area contributed by atoms with E-state index in [1.54, 1.807) is 0 Å². The van der Waals surface area contributed by atoms with E-state index in [0.29, 0.717) is 4.90 Å². The summed E-state index contributed by atoms with van der Waals surface area (Å²) < 4.78 is 86.9. The fourth-order valence-corrected chi connectivity index (χ4v) is 1.41. The molecule has 17 heavy (non-hydrogen) atoms. The van der Waals surface area contributed by atoms with Crippen LogP contribution in [0, 0.1) is 0 Å². The van der Waals surface area contributed by atoms with E-state index >= 15 is 0 Å². The lowest BCUT2D eigenvalue weighted by molar-refractivity contribution is -0.337. The summed E-state index contributed by atoms with van der Waals surface area (Å²) >= 11 is 4.02. The van der Waals surface area contributed by atoms with Crippen LogP contribution in [0.1, 0.15) is 13.8 Å². The topological polar surface area (TPSA) is 3.24 Å². The molecule has 0 saturated carbocycles. The molecular formula is C8H10F7NS. The maximum Gasteiger partial charge on any atom is 0.460 e. The van der Waals surface area contributed by atoms with Gasteiger partial charge in [0.1, 0.15) is 0 Å². The second-order valence-electron chi connectivity index (χ2n) is 3.12. The highest BCUT2D eigenvalue weighted by molar-refractivity contribution is 7.80. The predicted molar refractivity (Wildman–Crippen MR) is 51.5 cm³/mol. The molecule has 0 spiro atoms. The van der Waals surface area contributed by atoms with Crippen molar-refractivity contribution in [1.82, 2.24) is 4.90 Å². The van der Waals surface area contributed by atoms with E-state index in [0.717, 1.165) is 0 Å². The Kier molecular flexibility index (Phi) is 4.77. The van der Waals surface area contributed by atoms with Crippen LogP contribution in [0.15, 0.2) is 0 Å². The number of hydrogen-bond donors (Lipinski definition) is 0. The summed E-state index contributed by atoms with van der Waals surface area (Å²) in [5.41, 5.74) is 0. The van der Waals surface area contributed by atoms with Crippen molar-refractivity contribution in [2.45, 2.75) is 31.9 Å². The summed E-state index contributed by atoms with van der Waals surface area (Å²) in [6.45, 7) is 2.27. The normalized spacial score (nSPS) is 13.7. The Labute approximate surface area is 98.6 Å². The molecule has 0 N–H and O–H groups in total. The lowest BCUT2D eigenvalue weighted by Crippen LogP contribution is -2.59. The lowest BCUT2D eigenvalue weighted by atomic mass is 10.1. The van der Waals surface area contributed by atoms with Crippen molar-refractivity contribution >= 4 is 17.2 Å². The van der Waals surface area contributed by atoms with Crippen LogP contribution < -0.4 is 0 Å². The van der Waals surface area contributed by atoms with E-state index in [2.05, 4.69) is 12.2 Å². The van der Waals surface area contributed by atoms with Crippen LogP contribution in [0.5, 0.6) is 0 Å². The Balaban J connectivity index is 5.33. The SMILES string of the molecule is CCN(CC)C(=S)C(F)(F)C(F)(F)C(F)(F)F. The van der Waals surface area contributed by atoms with Crippen molar-refractivity contribution < 1.29 is 30.7 Å². The summed E-state index contributed by atoms with van der Waals surface area (Å²) in [4.78, 5) is -1.13. The van der Waals surface area contributed by atoms with Gasteiger partial charge in [-0.05, 0) is 13.8 Å². The monoisotopic (exact) mass is 285 g/mol. The Hall–Kier alpha value is -0.600. The highest BCUT2D eigenvalue weighted by Crippen LogP contribution is 2.47. The van der Waals surface area contributed by atoms with Gasteiger partial charge in [0.15, 0.2) is 4.99 Å². The summed E-state index contributed by atoms with van der Waals surface area (Å²) in [5.74, 6) is -11.6. The fraction of sp³-hybridized carbons (Fsp3) is 0.875. The highest BCUT2D eigenvalue weighted by atomic mass is 32.1. The predicted octanol–water partition coefficient (Wildman–Crippen LogP) is 3.49. The minimum absolute atomic E-state index is 0.182. The van der Waals surface area contributed by atoms with Gasteiger partial charge in [-0.2, -0.15) is 30.7 Å². The molecule has 0 aliphatic heterocycles. The van der Waals surface area contributed by atoms with Crippen LogP contribution in [0.3, 0.4) is 0 Å². The number of nitrogens with zero attached hydrogens (tertiary/aromatic N) is 1. The first kappa shape index (κ1) is 16.4. The molecular weight excluding hydrogens is 275 g/mol. The number of alkyl halides is 7. The third-order valence-corrected chi connectivity index (χ3v) is 2.58. The summed E-state index contributed by atoms with van der Waals surface area (Å²) in [5, 5.41) is 0. The van der Waals surface area contributed by atoms with Gasteiger partial charge in [0.2, 0.25) is 0 Å². The highest BCUT2D eigenvalue weighted by Gasteiger charge is 2.75. The zero-order chi connectivity index (χ0) is 14.1. The molecule has 0 heterocycles. The van der Waals surface area contributed by atoms with Crippen LogP contribution >= 0.6 is 12.2 Å². The van der Waals surface area contributed by atoms with Crippen molar-refractivity contribution in [2.24, 2.45) is 0 Å². The molecule has 9 heteroatoms. The van der Waals surface area contributed by atoms with Crippen LogP contribution in [0.4, 0.5) is 30.7 Å². The molecule has 0 aliphatic carbocycles. The number of rotatable bonds is 4. The maximum absolute atomic E-state index is 13.1. The first-order valence-electron chi connectivity index (χ1n) is 4.55. The fourth-order valence-electron chi connectivity index (χ4n) is 1.02. The van der Waals surface area contributed by atoms with E-state index < -0.39 is 23.0 Å². The van der Waals surface area contributed by atoms with E-state index in [1.165, 1.54) is 13.8 Å². The van der Waals surface area contributed by atoms with Gasteiger partial charge in [-0.25, -0.2) is 0 Å². The second kappa shape index (κ2) is 4.95. The third kappa shape index (κ3) is 2.80. The molecule has 0 saturated heterocycles. The van der Waals surface area contributed by atoms with Crippen molar-refractivity contribution in [3.05, 3.63) is 0 Å². The molecule has 1 nitrogen and oxygen atoms in total. The van der Waals surface area contributed by atoms with E-state index in [4.69, 9.17) is 0 Å². The van der Waals surface area contributed by atoms with Gasteiger partial charge in [0.25, 0.3) is 0 Å². The van der Waals surface area contributed by atoms with Gasteiger partial charge in [-0.3, -0.25) is 0 Å². The van der Waals surface area contributed by atoms with Gasteiger partial charge >= 0.3 is 18.0 Å². The molecule has 0 atom stereocenters. The molecule has 0 amide bonds. The molecule has 0 bridgehead atoms. The van der Waals surface area contributed by atoms with Crippen LogP contribution in [-0.2, 0) is 0 Å². The third-order valence-electron chi connectivity index (χ3n) is 2.07. The van der Waals surface area contributed by atoms with E-state index in [-0.39, 0.29) is 13.1 Å². The quantitative estimate of drug-likeness (QED) is 0.574. The molecule has 0 aliphatic rings. The van der Waals surface area contributed by atoms with Gasteiger partial charge in [-0.1, -0.05) is 12.2 Å². The Bertz CT molecular complexity index is 282. The maximum atomic E-state index is 13.1. The van der Waals surface area contributed by atoms with Gasteiger partial charge in [0.05, 0.1) is 0 Å². The molecule has 102 valence electrons. The van der Waals surface area contributed by atoms with Gasteiger partial charge < -0.3 is 4.90 Å². The van der Waals surface area contributed by atoms with E-state index in [9.17, 15) is 30.7 Å². The Morgan fingerprint density at radius 1 is 0.941 bits per heavy atom. The number of thiocarbonyl (C=S) groups is 1. The average molecular weight is 285 g/mol. The van der Waals surface area contributed by atoms with Crippen molar-refractivity contribution in [1.29, 1.82) is 0 Å². The first-order valence-corrected chi connectivity index (χ1v) is 4.96. The zero-order valence-electron chi connectivity index (χ0n) is 8.92. The number of hydrogen-bond acceptors (Lipinski definition) is 1. The second-order valence-corrected chi connectivity index (χ2v) is 3.51. The van der Waals surface area contributed by atoms with E-state index in [1.807, 2.05) is 0 Å². The molecule has 0 aromatic heterocycles. The summed E-state index contributed by atoms with van der Waals surface area (Å²) in [6, 6.07) is 0. The van der Waals surface area contributed by atoms with Crippen molar-refractivity contribution in [3.63, 3.8) is 0 Å². The van der Waals surface area contributed by atoms with Crippen molar-refractivity contribution in [2.75, 3.05) is 13.1 Å².